The minimum Gasteiger partial charge on any atom is -0.351 e. The quantitative estimate of drug-likeness (QED) is 0.867. The van der Waals surface area contributed by atoms with Gasteiger partial charge in [-0.05, 0) is 49.3 Å². The lowest BCUT2D eigenvalue weighted by Gasteiger charge is -2.32. The van der Waals surface area contributed by atoms with Crippen LogP contribution in [0, 0.1) is 17.2 Å². The molecule has 1 N–H and O–H groups in total. The van der Waals surface area contributed by atoms with Gasteiger partial charge in [-0.3, -0.25) is 9.59 Å². The van der Waals surface area contributed by atoms with Crippen LogP contribution in [-0.2, 0) is 16.1 Å². The van der Waals surface area contributed by atoms with Gasteiger partial charge in [0.1, 0.15) is 11.2 Å². The fourth-order valence-corrected chi connectivity index (χ4v) is 3.13. The Labute approximate surface area is 136 Å². The second-order valence-corrected chi connectivity index (χ2v) is 6.87. The zero-order valence-corrected chi connectivity index (χ0v) is 13.5. The molecule has 1 heterocycles. The Hall–Kier alpha value is -1.91. The first-order valence-corrected chi connectivity index (χ1v) is 8.33. The summed E-state index contributed by atoms with van der Waals surface area (Å²) in [7, 11) is 0. The molecule has 1 aliphatic carbocycles. The lowest BCUT2D eigenvalue weighted by Crippen LogP contribution is -2.47. The molecule has 0 aromatic heterocycles. The number of benzene rings is 1. The molecule has 1 aromatic carbocycles. The Morgan fingerprint density at radius 3 is 2.39 bits per heavy atom. The smallest absolute Gasteiger partial charge is 0.238 e. The maximum absolute atomic E-state index is 12.9. The van der Waals surface area contributed by atoms with E-state index in [9.17, 15) is 14.0 Å². The molecule has 1 aliphatic heterocycles. The van der Waals surface area contributed by atoms with E-state index in [0.29, 0.717) is 25.3 Å². The number of carbonyl (C=O) groups is 2. The fraction of sp³-hybridized carbons (Fsp3) is 0.556. The lowest BCUT2D eigenvalue weighted by atomic mass is 9.96. The maximum atomic E-state index is 12.9. The maximum Gasteiger partial charge on any atom is 0.238 e. The number of amides is 2. The largest absolute Gasteiger partial charge is 0.351 e. The Bertz CT molecular complexity index is 588. The third kappa shape index (κ3) is 3.38. The van der Waals surface area contributed by atoms with E-state index in [1.807, 2.05) is 4.90 Å². The summed E-state index contributed by atoms with van der Waals surface area (Å²) in [5, 5.41) is 2.84. The predicted molar refractivity (Wildman–Crippen MR) is 84.9 cm³/mol. The molecular formula is C18H23FN2O2. The van der Waals surface area contributed by atoms with Crippen molar-refractivity contribution in [2.75, 3.05) is 13.1 Å². The van der Waals surface area contributed by atoms with Crippen molar-refractivity contribution in [3.8, 4) is 0 Å². The number of nitrogens with one attached hydrogen (secondary N) is 1. The molecule has 124 valence electrons. The number of hydrogen-bond acceptors (Lipinski definition) is 2. The monoisotopic (exact) mass is 318 g/mol. The standard InChI is InChI=1S/C18H23FN2O2/c1-13-6-10-21(11-7-13)17(23)18(8-9-18)16(22)20-12-14-2-4-15(19)5-3-14/h2-5,13H,6-12H2,1H3,(H,20,22). The summed E-state index contributed by atoms with van der Waals surface area (Å²) in [5.41, 5.74) is -0.0181. The third-order valence-corrected chi connectivity index (χ3v) is 5.03. The first-order chi connectivity index (χ1) is 11.0. The van der Waals surface area contributed by atoms with Crippen LogP contribution >= 0.6 is 0 Å². The third-order valence-electron chi connectivity index (χ3n) is 5.03. The number of likely N-dealkylation sites (tertiary alicyclic amines) is 1. The van der Waals surface area contributed by atoms with Crippen molar-refractivity contribution in [1.82, 2.24) is 10.2 Å². The van der Waals surface area contributed by atoms with Gasteiger partial charge in [-0.25, -0.2) is 4.39 Å². The molecule has 1 saturated carbocycles. The lowest BCUT2D eigenvalue weighted by molar-refractivity contribution is -0.145. The normalized spacial score (nSPS) is 20.2. The Morgan fingerprint density at radius 2 is 1.83 bits per heavy atom. The van der Waals surface area contributed by atoms with Gasteiger partial charge in [-0.15, -0.1) is 0 Å². The van der Waals surface area contributed by atoms with Crippen LogP contribution in [-0.4, -0.2) is 29.8 Å². The summed E-state index contributed by atoms with van der Waals surface area (Å²) < 4.78 is 12.9. The van der Waals surface area contributed by atoms with Crippen LogP contribution in [0.4, 0.5) is 4.39 Å². The first kappa shape index (κ1) is 16.0. The van der Waals surface area contributed by atoms with Gasteiger partial charge in [-0.2, -0.15) is 0 Å². The number of nitrogens with zero attached hydrogens (tertiary/aromatic N) is 1. The van der Waals surface area contributed by atoms with Crippen LogP contribution in [0.5, 0.6) is 0 Å². The van der Waals surface area contributed by atoms with Crippen molar-refractivity contribution >= 4 is 11.8 Å². The number of carbonyl (C=O) groups excluding carboxylic acids is 2. The molecule has 0 spiro atoms. The average Bonchev–Trinajstić information content (AvgIpc) is 3.36. The molecule has 0 bridgehead atoms. The van der Waals surface area contributed by atoms with Crippen LogP contribution < -0.4 is 5.32 Å². The Morgan fingerprint density at radius 1 is 1.22 bits per heavy atom. The van der Waals surface area contributed by atoms with E-state index in [4.69, 9.17) is 0 Å². The van der Waals surface area contributed by atoms with Gasteiger partial charge in [0.05, 0.1) is 0 Å². The molecule has 0 radical (unpaired) electrons. The van der Waals surface area contributed by atoms with Gasteiger partial charge < -0.3 is 10.2 Å². The van der Waals surface area contributed by atoms with Crippen molar-refractivity contribution < 1.29 is 14.0 Å². The van der Waals surface area contributed by atoms with E-state index in [2.05, 4.69) is 12.2 Å². The van der Waals surface area contributed by atoms with Crippen molar-refractivity contribution in [3.63, 3.8) is 0 Å². The average molecular weight is 318 g/mol. The Kier molecular flexibility index (Phi) is 4.37. The summed E-state index contributed by atoms with van der Waals surface area (Å²) in [6, 6.07) is 6.02. The summed E-state index contributed by atoms with van der Waals surface area (Å²) in [4.78, 5) is 27.0. The molecule has 2 fully saturated rings. The summed E-state index contributed by atoms with van der Waals surface area (Å²) in [5.74, 6) is 0.154. The summed E-state index contributed by atoms with van der Waals surface area (Å²) in [6.07, 6.45) is 3.29. The van der Waals surface area contributed by atoms with Gasteiger partial charge in [0.25, 0.3) is 0 Å². The first-order valence-electron chi connectivity index (χ1n) is 8.33. The molecule has 2 amide bonds. The predicted octanol–water partition coefficient (Wildman–Crippen LogP) is 2.48. The minimum atomic E-state index is -0.847. The van der Waals surface area contributed by atoms with Crippen LogP contribution in [0.3, 0.4) is 0 Å². The van der Waals surface area contributed by atoms with Gasteiger partial charge in [0, 0.05) is 19.6 Å². The highest BCUT2D eigenvalue weighted by Crippen LogP contribution is 2.48. The van der Waals surface area contributed by atoms with E-state index in [1.165, 1.54) is 12.1 Å². The molecule has 2 aliphatic rings. The van der Waals surface area contributed by atoms with Crippen LogP contribution in [0.1, 0.15) is 38.2 Å². The van der Waals surface area contributed by atoms with Crippen LogP contribution in [0.2, 0.25) is 0 Å². The van der Waals surface area contributed by atoms with E-state index in [0.717, 1.165) is 31.5 Å². The topological polar surface area (TPSA) is 49.4 Å². The Balaban J connectivity index is 1.57. The molecule has 0 unspecified atom stereocenters. The number of halogens is 1. The molecule has 1 aromatic rings. The van der Waals surface area contributed by atoms with E-state index in [-0.39, 0.29) is 17.6 Å². The van der Waals surface area contributed by atoms with E-state index < -0.39 is 5.41 Å². The van der Waals surface area contributed by atoms with Crippen molar-refractivity contribution in [2.24, 2.45) is 11.3 Å². The van der Waals surface area contributed by atoms with E-state index >= 15 is 0 Å². The second-order valence-electron chi connectivity index (χ2n) is 6.87. The van der Waals surface area contributed by atoms with Crippen molar-refractivity contribution in [1.29, 1.82) is 0 Å². The van der Waals surface area contributed by atoms with Gasteiger partial charge in [0.2, 0.25) is 11.8 Å². The summed E-state index contributed by atoms with van der Waals surface area (Å²) >= 11 is 0. The SMILES string of the molecule is CC1CCN(C(=O)C2(C(=O)NCc3ccc(F)cc3)CC2)CC1. The van der Waals surface area contributed by atoms with Gasteiger partial charge in [0.15, 0.2) is 0 Å². The minimum absolute atomic E-state index is 0.0130. The van der Waals surface area contributed by atoms with Crippen LogP contribution in [0.15, 0.2) is 24.3 Å². The van der Waals surface area contributed by atoms with Crippen LogP contribution in [0.25, 0.3) is 0 Å². The molecule has 23 heavy (non-hydrogen) atoms. The van der Waals surface area contributed by atoms with Crippen molar-refractivity contribution in [2.45, 2.75) is 39.2 Å². The molecule has 0 atom stereocenters. The zero-order valence-electron chi connectivity index (χ0n) is 13.5. The summed E-state index contributed by atoms with van der Waals surface area (Å²) in [6.45, 7) is 4.04. The number of hydrogen-bond donors (Lipinski definition) is 1. The van der Waals surface area contributed by atoms with Gasteiger partial charge >= 0.3 is 0 Å². The van der Waals surface area contributed by atoms with Crippen molar-refractivity contribution in [3.05, 3.63) is 35.6 Å². The zero-order chi connectivity index (χ0) is 16.4. The molecule has 1 saturated heterocycles. The fourth-order valence-electron chi connectivity index (χ4n) is 3.13. The number of piperidine rings is 1. The number of rotatable bonds is 4. The second kappa shape index (κ2) is 6.30. The molecular weight excluding hydrogens is 295 g/mol. The highest BCUT2D eigenvalue weighted by molar-refractivity contribution is 6.07. The highest BCUT2D eigenvalue weighted by atomic mass is 19.1. The molecule has 4 nitrogen and oxygen atoms in total. The highest BCUT2D eigenvalue weighted by Gasteiger charge is 2.57. The molecule has 5 heteroatoms. The van der Waals surface area contributed by atoms with E-state index in [1.54, 1.807) is 12.1 Å². The van der Waals surface area contributed by atoms with Gasteiger partial charge in [-0.1, -0.05) is 19.1 Å². The molecule has 3 rings (SSSR count).